The van der Waals surface area contributed by atoms with Crippen LogP contribution in [0.5, 0.6) is 11.5 Å². The number of carbonyl (C=O) groups is 2. The van der Waals surface area contributed by atoms with Gasteiger partial charge in [0.25, 0.3) is 5.91 Å². The van der Waals surface area contributed by atoms with E-state index in [9.17, 15) is 14.7 Å². The number of nitrogens with one attached hydrogen (secondary N) is 1. The number of carboxylic acid groups (broad SMARTS) is 1. The van der Waals surface area contributed by atoms with Gasteiger partial charge in [-0.05, 0) is 49.4 Å². The third kappa shape index (κ3) is 5.03. The molecule has 1 unspecified atom stereocenters. The fraction of sp³-hybridized carbons (Fsp3) is 0.364. The van der Waals surface area contributed by atoms with Gasteiger partial charge >= 0.3 is 5.97 Å². The molecular formula is C22H25NO5. The number of methoxy groups -OCH3 is 1. The van der Waals surface area contributed by atoms with Crippen molar-refractivity contribution < 1.29 is 24.2 Å². The summed E-state index contributed by atoms with van der Waals surface area (Å²) in [6, 6.07) is 13.1. The molecule has 0 aliphatic heterocycles. The SMILES string of the molecule is COc1cc(C(=O)NC(Cc2ccccc2)C(=O)O)ccc1OC1CCCC1. The van der Waals surface area contributed by atoms with Crippen LogP contribution in [0.15, 0.2) is 48.5 Å². The molecule has 2 aromatic rings. The molecule has 1 fully saturated rings. The maximum atomic E-state index is 12.6. The van der Waals surface area contributed by atoms with Gasteiger partial charge in [-0.1, -0.05) is 30.3 Å². The first-order valence-corrected chi connectivity index (χ1v) is 9.49. The van der Waals surface area contributed by atoms with E-state index in [-0.39, 0.29) is 12.5 Å². The predicted molar refractivity (Wildman–Crippen MR) is 105 cm³/mol. The third-order valence-corrected chi connectivity index (χ3v) is 4.91. The van der Waals surface area contributed by atoms with Gasteiger partial charge < -0.3 is 19.9 Å². The number of rotatable bonds is 8. The summed E-state index contributed by atoms with van der Waals surface area (Å²) in [6.07, 6.45) is 4.74. The molecule has 0 spiro atoms. The van der Waals surface area contributed by atoms with E-state index in [1.54, 1.807) is 18.2 Å². The number of carboxylic acids is 1. The smallest absolute Gasteiger partial charge is 0.326 e. The normalized spacial score (nSPS) is 15.0. The zero-order chi connectivity index (χ0) is 19.9. The lowest BCUT2D eigenvalue weighted by Crippen LogP contribution is -2.42. The predicted octanol–water partition coefficient (Wildman–Crippen LogP) is 3.44. The van der Waals surface area contributed by atoms with E-state index in [0.29, 0.717) is 17.1 Å². The molecule has 2 N–H and O–H groups in total. The van der Waals surface area contributed by atoms with Crippen molar-refractivity contribution in [1.82, 2.24) is 5.32 Å². The van der Waals surface area contributed by atoms with E-state index in [0.717, 1.165) is 31.2 Å². The Labute approximate surface area is 164 Å². The topological polar surface area (TPSA) is 84.9 Å². The van der Waals surface area contributed by atoms with Crippen molar-refractivity contribution in [2.75, 3.05) is 7.11 Å². The van der Waals surface area contributed by atoms with Gasteiger partial charge in [0.1, 0.15) is 6.04 Å². The minimum absolute atomic E-state index is 0.177. The van der Waals surface area contributed by atoms with Gasteiger partial charge in [0, 0.05) is 12.0 Å². The lowest BCUT2D eigenvalue weighted by molar-refractivity contribution is -0.139. The number of carbonyl (C=O) groups excluding carboxylic acids is 1. The molecule has 1 atom stereocenters. The Morgan fingerprint density at radius 2 is 1.82 bits per heavy atom. The molecule has 3 rings (SSSR count). The first kappa shape index (κ1) is 19.7. The van der Waals surface area contributed by atoms with E-state index in [1.165, 1.54) is 7.11 Å². The standard InChI is InChI=1S/C22H25NO5/c1-27-20-14-16(11-12-19(20)28-17-9-5-6-10-17)21(24)23-18(22(25)26)13-15-7-3-2-4-8-15/h2-4,7-8,11-12,14,17-18H,5-6,9-10,13H2,1H3,(H,23,24)(H,25,26). The van der Waals surface area contributed by atoms with Crippen molar-refractivity contribution in [3.63, 3.8) is 0 Å². The maximum absolute atomic E-state index is 12.6. The van der Waals surface area contributed by atoms with Gasteiger partial charge in [0.15, 0.2) is 11.5 Å². The van der Waals surface area contributed by atoms with Crippen molar-refractivity contribution in [2.24, 2.45) is 0 Å². The Morgan fingerprint density at radius 3 is 2.46 bits per heavy atom. The van der Waals surface area contributed by atoms with Crippen LogP contribution < -0.4 is 14.8 Å². The second-order valence-corrected chi connectivity index (χ2v) is 6.94. The zero-order valence-electron chi connectivity index (χ0n) is 15.9. The average Bonchev–Trinajstić information content (AvgIpc) is 3.21. The summed E-state index contributed by atoms with van der Waals surface area (Å²) in [6.45, 7) is 0. The highest BCUT2D eigenvalue weighted by atomic mass is 16.5. The molecule has 28 heavy (non-hydrogen) atoms. The molecule has 0 bridgehead atoms. The number of hydrogen-bond donors (Lipinski definition) is 2. The van der Waals surface area contributed by atoms with Crippen LogP contribution in [0.3, 0.4) is 0 Å². The van der Waals surface area contributed by atoms with E-state index in [4.69, 9.17) is 9.47 Å². The number of ether oxygens (including phenoxy) is 2. The minimum Gasteiger partial charge on any atom is -0.493 e. The Bertz CT molecular complexity index is 815. The van der Waals surface area contributed by atoms with Crippen LogP contribution in [0.4, 0.5) is 0 Å². The van der Waals surface area contributed by atoms with Gasteiger partial charge in [0.2, 0.25) is 0 Å². The summed E-state index contributed by atoms with van der Waals surface area (Å²) < 4.78 is 11.4. The molecule has 0 heterocycles. The Balaban J connectivity index is 1.70. The highest BCUT2D eigenvalue weighted by molar-refractivity contribution is 5.97. The zero-order valence-corrected chi connectivity index (χ0v) is 15.9. The highest BCUT2D eigenvalue weighted by Crippen LogP contribution is 2.32. The average molecular weight is 383 g/mol. The van der Waals surface area contributed by atoms with Gasteiger partial charge in [-0.2, -0.15) is 0 Å². The number of amides is 1. The molecule has 0 radical (unpaired) electrons. The van der Waals surface area contributed by atoms with Gasteiger partial charge in [-0.15, -0.1) is 0 Å². The fourth-order valence-corrected chi connectivity index (χ4v) is 3.38. The summed E-state index contributed by atoms with van der Waals surface area (Å²) in [5.74, 6) is -0.473. The molecule has 1 aliphatic carbocycles. The molecule has 2 aromatic carbocycles. The van der Waals surface area contributed by atoms with Crippen LogP contribution in [-0.2, 0) is 11.2 Å². The Hall–Kier alpha value is -3.02. The lowest BCUT2D eigenvalue weighted by Gasteiger charge is -2.18. The molecule has 0 saturated heterocycles. The lowest BCUT2D eigenvalue weighted by atomic mass is 10.1. The summed E-state index contributed by atoms with van der Waals surface area (Å²) in [4.78, 5) is 24.2. The molecule has 6 nitrogen and oxygen atoms in total. The summed E-state index contributed by atoms with van der Waals surface area (Å²) in [5.41, 5.74) is 1.17. The minimum atomic E-state index is -1.08. The Kier molecular flexibility index (Phi) is 6.53. The largest absolute Gasteiger partial charge is 0.493 e. The van der Waals surface area contributed by atoms with E-state index >= 15 is 0 Å². The second kappa shape index (κ2) is 9.26. The van der Waals surface area contributed by atoms with Crippen LogP contribution in [0, 0.1) is 0 Å². The van der Waals surface area contributed by atoms with Crippen molar-refractivity contribution in [1.29, 1.82) is 0 Å². The van der Waals surface area contributed by atoms with Gasteiger partial charge in [-0.25, -0.2) is 4.79 Å². The molecular weight excluding hydrogens is 358 g/mol. The molecule has 6 heteroatoms. The third-order valence-electron chi connectivity index (χ3n) is 4.91. The van der Waals surface area contributed by atoms with Crippen LogP contribution in [0.25, 0.3) is 0 Å². The summed E-state index contributed by atoms with van der Waals surface area (Å²) >= 11 is 0. The number of benzene rings is 2. The number of hydrogen-bond acceptors (Lipinski definition) is 4. The second-order valence-electron chi connectivity index (χ2n) is 6.94. The van der Waals surface area contributed by atoms with Crippen LogP contribution in [-0.4, -0.2) is 36.2 Å². The first-order chi connectivity index (χ1) is 13.6. The van der Waals surface area contributed by atoms with Crippen LogP contribution >= 0.6 is 0 Å². The van der Waals surface area contributed by atoms with Crippen molar-refractivity contribution in [2.45, 2.75) is 44.2 Å². The molecule has 1 amide bonds. The molecule has 0 aromatic heterocycles. The summed E-state index contributed by atoms with van der Waals surface area (Å²) in [5, 5.41) is 12.1. The van der Waals surface area contributed by atoms with Gasteiger partial charge in [0.05, 0.1) is 13.2 Å². The highest BCUT2D eigenvalue weighted by Gasteiger charge is 2.23. The first-order valence-electron chi connectivity index (χ1n) is 9.49. The van der Waals surface area contributed by atoms with Gasteiger partial charge in [-0.3, -0.25) is 4.79 Å². The van der Waals surface area contributed by atoms with Crippen molar-refractivity contribution >= 4 is 11.9 Å². The summed E-state index contributed by atoms with van der Waals surface area (Å²) in [7, 11) is 1.52. The fourth-order valence-electron chi connectivity index (χ4n) is 3.38. The van der Waals surface area contributed by atoms with E-state index in [2.05, 4.69) is 5.32 Å². The maximum Gasteiger partial charge on any atom is 0.326 e. The van der Waals surface area contributed by atoms with E-state index < -0.39 is 17.9 Å². The van der Waals surface area contributed by atoms with Crippen molar-refractivity contribution in [3.05, 3.63) is 59.7 Å². The van der Waals surface area contributed by atoms with E-state index in [1.807, 2.05) is 30.3 Å². The Morgan fingerprint density at radius 1 is 1.11 bits per heavy atom. The van der Waals surface area contributed by atoms with Crippen LogP contribution in [0.1, 0.15) is 41.6 Å². The molecule has 148 valence electrons. The van der Waals surface area contributed by atoms with Crippen LogP contribution in [0.2, 0.25) is 0 Å². The quantitative estimate of drug-likeness (QED) is 0.729. The monoisotopic (exact) mass is 383 g/mol. The molecule has 1 aliphatic rings. The molecule has 1 saturated carbocycles. The number of aliphatic carboxylic acids is 1. The van der Waals surface area contributed by atoms with Crippen molar-refractivity contribution in [3.8, 4) is 11.5 Å².